The number of likely N-dealkylation sites (tertiary alicyclic amines) is 1. The number of carbonyl (C=O) groups is 1. The minimum atomic E-state index is -0.281. The van der Waals surface area contributed by atoms with Crippen molar-refractivity contribution in [2.24, 2.45) is 11.8 Å². The molecule has 0 bridgehead atoms. The predicted molar refractivity (Wildman–Crippen MR) is 83.0 cm³/mol. The van der Waals surface area contributed by atoms with Crippen molar-refractivity contribution in [2.45, 2.75) is 19.3 Å². The first-order chi connectivity index (χ1) is 9.74. The first kappa shape index (κ1) is 16.2. The highest BCUT2D eigenvalue weighted by molar-refractivity contribution is 5.85. The van der Waals surface area contributed by atoms with Gasteiger partial charge in [0.1, 0.15) is 5.82 Å². The molecule has 3 nitrogen and oxygen atoms in total. The van der Waals surface area contributed by atoms with E-state index < -0.39 is 0 Å². The van der Waals surface area contributed by atoms with Gasteiger partial charge in [-0.05, 0) is 49.4 Å². The van der Waals surface area contributed by atoms with Crippen LogP contribution in [0.15, 0.2) is 24.3 Å². The second kappa shape index (κ2) is 7.23. The number of nitrogens with zero attached hydrogens (tertiary/aromatic N) is 1. The standard InChI is InChI=1S/C16H21FN2O.ClH/c17-15-4-2-1-3-12(15)9-16(20)19-7-5-13-10-18-11-14(13)6-8-19;/h1-4,13-14,18H,5-11H2;1H/t13-,14+;. The molecule has 0 aromatic heterocycles. The molecule has 1 N–H and O–H groups in total. The van der Waals surface area contributed by atoms with Gasteiger partial charge in [-0.25, -0.2) is 4.39 Å². The van der Waals surface area contributed by atoms with Gasteiger partial charge in [-0.3, -0.25) is 4.79 Å². The Hall–Kier alpha value is -1.13. The number of hydrogen-bond acceptors (Lipinski definition) is 2. The lowest BCUT2D eigenvalue weighted by Gasteiger charge is -2.21. The Morgan fingerprint density at radius 1 is 1.19 bits per heavy atom. The predicted octanol–water partition coefficient (Wildman–Crippen LogP) is 2.25. The highest BCUT2D eigenvalue weighted by atomic mass is 35.5. The van der Waals surface area contributed by atoms with Gasteiger partial charge in [-0.1, -0.05) is 18.2 Å². The molecule has 2 aliphatic heterocycles. The summed E-state index contributed by atoms with van der Waals surface area (Å²) in [4.78, 5) is 14.3. The summed E-state index contributed by atoms with van der Waals surface area (Å²) in [5, 5.41) is 3.43. The van der Waals surface area contributed by atoms with E-state index in [4.69, 9.17) is 0 Å². The lowest BCUT2D eigenvalue weighted by Crippen LogP contribution is -2.34. The number of amides is 1. The smallest absolute Gasteiger partial charge is 0.227 e. The molecule has 0 radical (unpaired) electrons. The lowest BCUT2D eigenvalue weighted by atomic mass is 9.92. The Balaban J connectivity index is 0.00000161. The van der Waals surface area contributed by atoms with Crippen molar-refractivity contribution in [3.8, 4) is 0 Å². The third-order valence-electron chi connectivity index (χ3n) is 4.67. The van der Waals surface area contributed by atoms with Crippen molar-refractivity contribution in [1.29, 1.82) is 0 Å². The highest BCUT2D eigenvalue weighted by Crippen LogP contribution is 2.27. The molecule has 3 rings (SSSR count). The van der Waals surface area contributed by atoms with Crippen molar-refractivity contribution in [3.63, 3.8) is 0 Å². The van der Waals surface area contributed by atoms with Gasteiger partial charge in [0.15, 0.2) is 0 Å². The van der Waals surface area contributed by atoms with Crippen LogP contribution in [-0.2, 0) is 11.2 Å². The van der Waals surface area contributed by atoms with Gasteiger partial charge in [0, 0.05) is 13.1 Å². The summed E-state index contributed by atoms with van der Waals surface area (Å²) in [5.41, 5.74) is 0.503. The van der Waals surface area contributed by atoms with Crippen LogP contribution in [0, 0.1) is 17.7 Å². The Morgan fingerprint density at radius 3 is 2.43 bits per heavy atom. The van der Waals surface area contributed by atoms with Crippen molar-refractivity contribution >= 4 is 18.3 Å². The Bertz CT molecular complexity index is 483. The minimum Gasteiger partial charge on any atom is -0.342 e. The zero-order valence-electron chi connectivity index (χ0n) is 12.1. The van der Waals surface area contributed by atoms with Crippen molar-refractivity contribution in [1.82, 2.24) is 10.2 Å². The molecule has 21 heavy (non-hydrogen) atoms. The Labute approximate surface area is 131 Å². The fourth-order valence-corrected chi connectivity index (χ4v) is 3.38. The largest absolute Gasteiger partial charge is 0.342 e. The summed E-state index contributed by atoms with van der Waals surface area (Å²) >= 11 is 0. The van der Waals surface area contributed by atoms with Crippen LogP contribution >= 0.6 is 12.4 Å². The second-order valence-electron chi connectivity index (χ2n) is 5.90. The van der Waals surface area contributed by atoms with Crippen LogP contribution in [0.1, 0.15) is 18.4 Å². The van der Waals surface area contributed by atoms with Crippen LogP contribution in [-0.4, -0.2) is 37.0 Å². The highest BCUT2D eigenvalue weighted by Gasteiger charge is 2.31. The van der Waals surface area contributed by atoms with Gasteiger partial charge in [0.2, 0.25) is 5.91 Å². The normalized spacial score (nSPS) is 24.9. The fraction of sp³-hybridized carbons (Fsp3) is 0.562. The van der Waals surface area contributed by atoms with Crippen molar-refractivity contribution in [2.75, 3.05) is 26.2 Å². The molecule has 0 aliphatic carbocycles. The summed E-state index contributed by atoms with van der Waals surface area (Å²) in [6, 6.07) is 6.55. The summed E-state index contributed by atoms with van der Waals surface area (Å²) < 4.78 is 13.6. The van der Waals surface area contributed by atoms with E-state index in [2.05, 4.69) is 5.32 Å². The van der Waals surface area contributed by atoms with Gasteiger partial charge >= 0.3 is 0 Å². The molecular formula is C16H22ClFN2O. The monoisotopic (exact) mass is 312 g/mol. The zero-order chi connectivity index (χ0) is 13.9. The Kier molecular flexibility index (Phi) is 5.59. The van der Waals surface area contributed by atoms with E-state index in [0.29, 0.717) is 17.4 Å². The van der Waals surface area contributed by atoms with Crippen LogP contribution in [0.4, 0.5) is 4.39 Å². The molecule has 2 heterocycles. The number of carbonyl (C=O) groups excluding carboxylic acids is 1. The quantitative estimate of drug-likeness (QED) is 0.908. The maximum atomic E-state index is 13.6. The molecular weight excluding hydrogens is 291 g/mol. The van der Waals surface area contributed by atoms with Gasteiger partial charge in [-0.15, -0.1) is 12.4 Å². The second-order valence-corrected chi connectivity index (χ2v) is 5.90. The summed E-state index contributed by atoms with van der Waals surface area (Å²) in [6.07, 6.45) is 2.32. The van der Waals surface area contributed by atoms with E-state index in [-0.39, 0.29) is 30.6 Å². The van der Waals surface area contributed by atoms with Crippen molar-refractivity contribution in [3.05, 3.63) is 35.6 Å². The number of hydrogen-bond donors (Lipinski definition) is 1. The molecule has 2 saturated heterocycles. The fourth-order valence-electron chi connectivity index (χ4n) is 3.38. The molecule has 0 unspecified atom stereocenters. The third kappa shape index (κ3) is 3.74. The van der Waals surface area contributed by atoms with Gasteiger partial charge in [0.25, 0.3) is 0 Å². The van der Waals surface area contributed by atoms with Gasteiger partial charge < -0.3 is 10.2 Å². The topological polar surface area (TPSA) is 32.3 Å². The maximum Gasteiger partial charge on any atom is 0.227 e. The van der Waals surface area contributed by atoms with E-state index in [1.165, 1.54) is 6.07 Å². The minimum absolute atomic E-state index is 0. The van der Waals surface area contributed by atoms with E-state index in [1.54, 1.807) is 18.2 Å². The molecule has 0 saturated carbocycles. The molecule has 1 aromatic carbocycles. The van der Waals surface area contributed by atoms with E-state index in [0.717, 1.165) is 39.0 Å². The number of benzene rings is 1. The molecule has 1 aromatic rings. The van der Waals surface area contributed by atoms with Crippen molar-refractivity contribution < 1.29 is 9.18 Å². The van der Waals surface area contributed by atoms with Gasteiger partial charge in [0.05, 0.1) is 6.42 Å². The van der Waals surface area contributed by atoms with Gasteiger partial charge in [-0.2, -0.15) is 0 Å². The molecule has 1 amide bonds. The number of nitrogens with one attached hydrogen (secondary N) is 1. The summed E-state index contributed by atoms with van der Waals surface area (Å²) in [5.74, 6) is 1.20. The number of rotatable bonds is 2. The first-order valence-electron chi connectivity index (χ1n) is 7.46. The first-order valence-corrected chi connectivity index (χ1v) is 7.46. The molecule has 0 spiro atoms. The summed E-state index contributed by atoms with van der Waals surface area (Å²) in [7, 11) is 0. The third-order valence-corrected chi connectivity index (χ3v) is 4.67. The average molecular weight is 313 g/mol. The molecule has 5 heteroatoms. The summed E-state index contributed by atoms with van der Waals surface area (Å²) in [6.45, 7) is 3.80. The Morgan fingerprint density at radius 2 is 1.81 bits per heavy atom. The van der Waals surface area contributed by atoms with E-state index >= 15 is 0 Å². The molecule has 2 atom stereocenters. The zero-order valence-corrected chi connectivity index (χ0v) is 12.9. The lowest BCUT2D eigenvalue weighted by molar-refractivity contribution is -0.130. The van der Waals surface area contributed by atoms with E-state index in [9.17, 15) is 9.18 Å². The maximum absolute atomic E-state index is 13.6. The van der Waals surface area contributed by atoms with Crippen LogP contribution < -0.4 is 5.32 Å². The SMILES string of the molecule is Cl.O=C(Cc1ccccc1F)N1CC[C@@H]2CNC[C@@H]2CC1. The van der Waals surface area contributed by atoms with Crippen LogP contribution in [0.3, 0.4) is 0 Å². The molecule has 2 fully saturated rings. The average Bonchev–Trinajstić information content (AvgIpc) is 2.80. The number of halogens is 2. The van der Waals surface area contributed by atoms with E-state index in [1.807, 2.05) is 4.90 Å². The number of fused-ring (bicyclic) bond motifs is 1. The van der Waals surface area contributed by atoms with Crippen LogP contribution in [0.25, 0.3) is 0 Å². The van der Waals surface area contributed by atoms with Crippen LogP contribution in [0.5, 0.6) is 0 Å². The molecule has 116 valence electrons. The molecule has 2 aliphatic rings. The van der Waals surface area contributed by atoms with Crippen LogP contribution in [0.2, 0.25) is 0 Å².